The van der Waals surface area contributed by atoms with Crippen LogP contribution in [0.1, 0.15) is 80.0 Å². The second-order valence-electron chi connectivity index (χ2n) is 20.9. The molecule has 10 aromatic carbocycles. The van der Waals surface area contributed by atoms with Crippen LogP contribution >= 0.6 is 0 Å². The van der Waals surface area contributed by atoms with Gasteiger partial charge in [-0.05, 0) is 145 Å². The van der Waals surface area contributed by atoms with Crippen molar-refractivity contribution in [2.24, 2.45) is 0 Å². The molecule has 1 nitrogen and oxygen atoms in total. The van der Waals surface area contributed by atoms with Gasteiger partial charge in [-0.1, -0.05) is 246 Å². The van der Waals surface area contributed by atoms with E-state index in [2.05, 4.69) is 261 Å². The van der Waals surface area contributed by atoms with E-state index in [0.717, 1.165) is 17.6 Å². The first kappa shape index (κ1) is 46.4. The fourth-order valence-electron chi connectivity index (χ4n) is 11.2. The van der Waals surface area contributed by atoms with Crippen LogP contribution < -0.4 is 0 Å². The molecule has 0 spiro atoms. The third-order valence-corrected chi connectivity index (χ3v) is 15.3. The summed E-state index contributed by atoms with van der Waals surface area (Å²) in [7, 11) is 0. The van der Waals surface area contributed by atoms with Gasteiger partial charge < -0.3 is 4.42 Å². The monoisotopic (exact) mass is 930 g/mol. The number of benzene rings is 10. The minimum atomic E-state index is 0.0130. The number of para-hydroxylation sites is 1. The largest absolute Gasteiger partial charge is 0.456 e. The molecule has 0 fully saturated rings. The molecular formula is C71H62O. The van der Waals surface area contributed by atoms with E-state index in [1.54, 1.807) is 0 Å². The van der Waals surface area contributed by atoms with Gasteiger partial charge in [0.05, 0.1) is 0 Å². The van der Waals surface area contributed by atoms with Crippen LogP contribution in [0, 0.1) is 13.8 Å². The van der Waals surface area contributed by atoms with Crippen LogP contribution in [0.15, 0.2) is 229 Å². The summed E-state index contributed by atoms with van der Waals surface area (Å²) >= 11 is 0. The third kappa shape index (κ3) is 8.68. The van der Waals surface area contributed by atoms with E-state index in [9.17, 15) is 0 Å². The topological polar surface area (TPSA) is 13.1 Å². The summed E-state index contributed by atoms with van der Waals surface area (Å²) < 4.78 is 6.00. The lowest BCUT2D eigenvalue weighted by Gasteiger charge is -2.22. The average Bonchev–Trinajstić information content (AvgIpc) is 3.98. The van der Waals surface area contributed by atoms with E-state index in [-0.39, 0.29) is 10.8 Å². The van der Waals surface area contributed by atoms with Gasteiger partial charge in [0.25, 0.3) is 0 Å². The van der Waals surface area contributed by atoms with Crippen molar-refractivity contribution in [2.75, 3.05) is 0 Å². The molecule has 11 aromatic rings. The maximum absolute atomic E-state index is 6.00. The zero-order valence-corrected chi connectivity index (χ0v) is 42.7. The molecule has 0 saturated heterocycles. The van der Waals surface area contributed by atoms with E-state index >= 15 is 0 Å². The van der Waals surface area contributed by atoms with Crippen molar-refractivity contribution in [2.45, 2.75) is 72.1 Å². The fourth-order valence-corrected chi connectivity index (χ4v) is 11.2. The zero-order valence-electron chi connectivity index (χ0n) is 42.7. The average molecular weight is 931 g/mol. The molecule has 13 rings (SSSR count). The Morgan fingerprint density at radius 2 is 0.681 bits per heavy atom. The Kier molecular flexibility index (Phi) is 12.2. The predicted octanol–water partition coefficient (Wildman–Crippen LogP) is 19.8. The summed E-state index contributed by atoms with van der Waals surface area (Å²) in [5.74, 6) is 0. The lowest BCUT2D eigenvalue weighted by atomic mass is 9.81. The van der Waals surface area contributed by atoms with Crippen LogP contribution in [0.5, 0.6) is 0 Å². The summed E-state index contributed by atoms with van der Waals surface area (Å²) in [6.07, 6.45) is 2.36. The van der Waals surface area contributed by atoms with Gasteiger partial charge in [-0.25, -0.2) is 0 Å². The van der Waals surface area contributed by atoms with E-state index < -0.39 is 0 Å². The van der Waals surface area contributed by atoms with Crippen LogP contribution in [-0.2, 0) is 17.3 Å². The molecule has 1 heterocycles. The van der Waals surface area contributed by atoms with Gasteiger partial charge in [0, 0.05) is 21.6 Å². The smallest absolute Gasteiger partial charge is 0.135 e. The quantitative estimate of drug-likeness (QED) is 0.162. The molecule has 0 N–H and O–H groups in total. The van der Waals surface area contributed by atoms with Gasteiger partial charge >= 0.3 is 0 Å². The number of fused-ring (bicyclic) bond motifs is 9. The Bertz CT molecular complexity index is 3740. The predicted molar refractivity (Wildman–Crippen MR) is 307 cm³/mol. The van der Waals surface area contributed by atoms with E-state index in [0.29, 0.717) is 0 Å². The Balaban J connectivity index is 0.000000119. The van der Waals surface area contributed by atoms with E-state index in [4.69, 9.17) is 4.42 Å². The molecule has 0 radical (unpaired) electrons. The Hall–Kier alpha value is -8.00. The molecule has 0 atom stereocenters. The Morgan fingerprint density at radius 1 is 0.319 bits per heavy atom. The second-order valence-corrected chi connectivity index (χ2v) is 20.9. The van der Waals surface area contributed by atoms with Gasteiger partial charge in [0.1, 0.15) is 11.2 Å². The molecule has 2 aliphatic rings. The van der Waals surface area contributed by atoms with Crippen LogP contribution in [0.4, 0.5) is 0 Å². The number of aryl methyl sites for hydroxylation is 3. The normalized spacial score (nSPS) is 13.3. The highest BCUT2D eigenvalue weighted by Crippen LogP contribution is 2.51. The van der Waals surface area contributed by atoms with Crippen LogP contribution in [0.3, 0.4) is 0 Å². The maximum Gasteiger partial charge on any atom is 0.135 e. The molecule has 0 saturated carbocycles. The van der Waals surface area contributed by atoms with Gasteiger partial charge in [-0.2, -0.15) is 0 Å². The number of hydrogen-bond donors (Lipinski definition) is 0. The number of rotatable bonds is 6. The summed E-state index contributed by atoms with van der Waals surface area (Å²) in [5.41, 5.74) is 27.5. The third-order valence-electron chi connectivity index (χ3n) is 15.3. The molecule has 352 valence electrons. The molecule has 0 amide bonds. The van der Waals surface area contributed by atoms with Gasteiger partial charge in [-0.3, -0.25) is 0 Å². The van der Waals surface area contributed by atoms with Crippen molar-refractivity contribution in [3.8, 4) is 66.8 Å². The first-order chi connectivity index (χ1) is 35.0. The number of furan rings is 1. The molecule has 2 aliphatic carbocycles. The fraction of sp³-hybridized carbons (Fsp3) is 0.155. The van der Waals surface area contributed by atoms with Gasteiger partial charge in [0.15, 0.2) is 0 Å². The highest BCUT2D eigenvalue weighted by atomic mass is 16.3. The first-order valence-corrected chi connectivity index (χ1v) is 25.7. The summed E-state index contributed by atoms with van der Waals surface area (Å²) in [5, 5.41) is 2.35. The Morgan fingerprint density at radius 3 is 1.19 bits per heavy atom. The highest BCUT2D eigenvalue weighted by Gasteiger charge is 2.37. The van der Waals surface area contributed by atoms with Crippen molar-refractivity contribution >= 4 is 21.9 Å². The van der Waals surface area contributed by atoms with Gasteiger partial charge in [0.2, 0.25) is 0 Å². The summed E-state index contributed by atoms with van der Waals surface area (Å²) in [4.78, 5) is 0. The molecule has 0 aliphatic heterocycles. The lowest BCUT2D eigenvalue weighted by molar-refractivity contribution is 0.660. The van der Waals surface area contributed by atoms with Gasteiger partial charge in [-0.15, -0.1) is 0 Å². The molecule has 1 aromatic heterocycles. The van der Waals surface area contributed by atoms with Crippen molar-refractivity contribution < 1.29 is 4.42 Å². The molecule has 72 heavy (non-hydrogen) atoms. The zero-order chi connectivity index (χ0) is 49.6. The van der Waals surface area contributed by atoms with Crippen LogP contribution in [-0.4, -0.2) is 0 Å². The van der Waals surface area contributed by atoms with Crippen molar-refractivity contribution in [1.82, 2.24) is 0 Å². The number of hydrogen-bond acceptors (Lipinski definition) is 1. The molecule has 0 bridgehead atoms. The van der Waals surface area contributed by atoms with Crippen molar-refractivity contribution in [1.29, 1.82) is 0 Å². The second kappa shape index (κ2) is 19.0. The van der Waals surface area contributed by atoms with E-state index in [1.807, 2.05) is 12.1 Å². The summed E-state index contributed by atoms with van der Waals surface area (Å²) in [6.45, 7) is 15.9. The lowest BCUT2D eigenvalue weighted by Crippen LogP contribution is -2.15. The highest BCUT2D eigenvalue weighted by molar-refractivity contribution is 6.06. The molecule has 0 unspecified atom stereocenters. The Labute approximate surface area is 426 Å². The minimum absolute atomic E-state index is 0.0130. The van der Waals surface area contributed by atoms with E-state index in [1.165, 1.54) is 123 Å². The standard InChI is InChI=1S/C28H22O.C22H20.C21H20/c1-17-8-11-20-21-12-9-19(16-25(21)28(2,3)24(20)14-17)18-10-13-27-23(15-18)22-6-4-5-7-26(22)29-27;1-15-9-11-18-19-12-10-17(16-7-5-4-6-8-16)14-21(19)22(2,3)20(18)13-15;1-2-6-17-9-11-19(12-10-17)21-15-13-20(14-16-21)18-7-4-3-5-8-18/h4-16H,1-3H3;4-14H,1-3H3;3-5,7-16H,2,6H2,1H3. The van der Waals surface area contributed by atoms with Crippen LogP contribution in [0.2, 0.25) is 0 Å². The van der Waals surface area contributed by atoms with Crippen molar-refractivity contribution in [3.05, 3.63) is 263 Å². The molecule has 1 heteroatoms. The van der Waals surface area contributed by atoms with Crippen LogP contribution in [0.25, 0.3) is 88.7 Å². The molecular weight excluding hydrogens is 869 g/mol. The van der Waals surface area contributed by atoms with Crippen molar-refractivity contribution in [3.63, 3.8) is 0 Å². The SMILES string of the molecule is CCCc1ccc(-c2ccc(-c3ccccc3)cc2)cc1.Cc1ccc2c(c1)C(C)(C)c1cc(-c3ccc4oc5ccccc5c4c3)ccc1-2.Cc1ccc2c(c1)C(C)(C)c1cc(-c3ccccc3)ccc1-2. The minimum Gasteiger partial charge on any atom is -0.456 e. The first-order valence-electron chi connectivity index (χ1n) is 25.7. The summed E-state index contributed by atoms with van der Waals surface area (Å²) in [6, 6.07) is 81.2. The maximum atomic E-state index is 6.00.